The second-order valence-corrected chi connectivity index (χ2v) is 4.82. The standard InChI is InChI=1S/C12H12N2O4S/c1-18-9-6-7(14(16)17)5-8(12(9)15)11(13)10-3-2-4-19-10/h2-6,11,15H,13H2,1H3/t11-/m0/s1. The number of ether oxygens (including phenoxy) is 1. The Labute approximate surface area is 113 Å². The smallest absolute Gasteiger partial charge is 0.273 e. The second-order valence-electron chi connectivity index (χ2n) is 3.84. The maximum absolute atomic E-state index is 10.9. The highest BCUT2D eigenvalue weighted by molar-refractivity contribution is 7.10. The minimum atomic E-state index is -0.631. The number of thiophene rings is 1. The zero-order valence-electron chi connectivity index (χ0n) is 10.1. The van der Waals surface area contributed by atoms with Crippen molar-refractivity contribution >= 4 is 17.0 Å². The molecule has 7 heteroatoms. The summed E-state index contributed by atoms with van der Waals surface area (Å²) in [4.78, 5) is 11.1. The third kappa shape index (κ3) is 2.51. The topological polar surface area (TPSA) is 98.6 Å². The number of nitrogens with two attached hydrogens (primary N) is 1. The van der Waals surface area contributed by atoms with Crippen LogP contribution in [0.25, 0.3) is 0 Å². The maximum atomic E-state index is 10.9. The van der Waals surface area contributed by atoms with E-state index in [0.29, 0.717) is 0 Å². The van der Waals surface area contributed by atoms with Gasteiger partial charge in [0, 0.05) is 16.5 Å². The first-order chi connectivity index (χ1) is 9.04. The molecule has 0 aliphatic heterocycles. The van der Waals surface area contributed by atoms with E-state index in [0.717, 1.165) is 4.88 Å². The SMILES string of the molecule is COc1cc([N+](=O)[O-])cc([C@H](N)c2cccs2)c1O. The van der Waals surface area contributed by atoms with E-state index < -0.39 is 11.0 Å². The quantitative estimate of drug-likeness (QED) is 0.662. The molecule has 0 spiro atoms. The highest BCUT2D eigenvalue weighted by Gasteiger charge is 2.22. The van der Waals surface area contributed by atoms with Crippen molar-refractivity contribution in [2.45, 2.75) is 6.04 Å². The highest BCUT2D eigenvalue weighted by atomic mass is 32.1. The number of hydrogen-bond donors (Lipinski definition) is 2. The molecule has 0 fully saturated rings. The van der Waals surface area contributed by atoms with Gasteiger partial charge in [0.2, 0.25) is 0 Å². The molecular weight excluding hydrogens is 268 g/mol. The summed E-state index contributed by atoms with van der Waals surface area (Å²) >= 11 is 1.42. The van der Waals surface area contributed by atoms with Crippen molar-refractivity contribution < 1.29 is 14.8 Å². The van der Waals surface area contributed by atoms with E-state index in [2.05, 4.69) is 0 Å². The van der Waals surface area contributed by atoms with Crippen LogP contribution in [0.5, 0.6) is 11.5 Å². The molecule has 0 aliphatic rings. The van der Waals surface area contributed by atoms with Crippen LogP contribution in [0.2, 0.25) is 0 Å². The molecule has 1 aromatic heterocycles. The predicted molar refractivity (Wildman–Crippen MR) is 71.7 cm³/mol. The van der Waals surface area contributed by atoms with Gasteiger partial charge in [0.15, 0.2) is 11.5 Å². The van der Waals surface area contributed by atoms with E-state index in [9.17, 15) is 15.2 Å². The Hall–Kier alpha value is -2.12. The number of aromatic hydroxyl groups is 1. The summed E-state index contributed by atoms with van der Waals surface area (Å²) in [6.07, 6.45) is 0. The summed E-state index contributed by atoms with van der Waals surface area (Å²) < 4.78 is 4.94. The number of nitro benzene ring substituents is 1. The van der Waals surface area contributed by atoms with Gasteiger partial charge in [0.05, 0.1) is 24.1 Å². The van der Waals surface area contributed by atoms with E-state index in [4.69, 9.17) is 10.5 Å². The lowest BCUT2D eigenvalue weighted by atomic mass is 10.0. The molecule has 19 heavy (non-hydrogen) atoms. The van der Waals surface area contributed by atoms with Crippen LogP contribution in [0.3, 0.4) is 0 Å². The number of phenolic OH excluding ortho intramolecular Hbond substituents is 1. The van der Waals surface area contributed by atoms with Crippen LogP contribution >= 0.6 is 11.3 Å². The van der Waals surface area contributed by atoms with Crippen LogP contribution < -0.4 is 10.5 Å². The molecule has 100 valence electrons. The van der Waals surface area contributed by atoms with Crippen molar-refractivity contribution in [3.63, 3.8) is 0 Å². The normalized spacial score (nSPS) is 12.1. The van der Waals surface area contributed by atoms with E-state index in [1.54, 1.807) is 6.07 Å². The van der Waals surface area contributed by atoms with Crippen molar-refractivity contribution in [2.75, 3.05) is 7.11 Å². The Morgan fingerprint density at radius 1 is 1.53 bits per heavy atom. The zero-order valence-corrected chi connectivity index (χ0v) is 10.9. The molecule has 0 radical (unpaired) electrons. The van der Waals surface area contributed by atoms with E-state index in [1.165, 1.54) is 30.6 Å². The summed E-state index contributed by atoms with van der Waals surface area (Å²) in [6, 6.07) is 5.43. The van der Waals surface area contributed by atoms with Gasteiger partial charge in [-0.3, -0.25) is 10.1 Å². The third-order valence-electron chi connectivity index (χ3n) is 2.70. The van der Waals surface area contributed by atoms with Crippen molar-refractivity contribution in [3.05, 3.63) is 50.2 Å². The number of nitro groups is 1. The number of rotatable bonds is 4. The minimum absolute atomic E-state index is 0.0382. The van der Waals surface area contributed by atoms with E-state index in [-0.39, 0.29) is 22.7 Å². The molecule has 1 aromatic carbocycles. The average Bonchev–Trinajstić information content (AvgIpc) is 2.91. The first kappa shape index (κ1) is 13.3. The lowest BCUT2D eigenvalue weighted by molar-refractivity contribution is -0.385. The van der Waals surface area contributed by atoms with Gasteiger partial charge in [-0.1, -0.05) is 6.07 Å². The highest BCUT2D eigenvalue weighted by Crippen LogP contribution is 2.39. The molecule has 0 unspecified atom stereocenters. The summed E-state index contributed by atoms with van der Waals surface area (Å²) in [6.45, 7) is 0. The fourth-order valence-corrected chi connectivity index (χ4v) is 2.48. The van der Waals surface area contributed by atoms with Gasteiger partial charge < -0.3 is 15.6 Å². The van der Waals surface area contributed by atoms with Crippen LogP contribution in [0, 0.1) is 10.1 Å². The number of phenols is 1. The van der Waals surface area contributed by atoms with Crippen molar-refractivity contribution in [1.29, 1.82) is 0 Å². The molecule has 0 bridgehead atoms. The summed E-state index contributed by atoms with van der Waals surface area (Å²) in [5.74, 6) is -0.134. The van der Waals surface area contributed by atoms with Gasteiger partial charge in [0.1, 0.15) is 0 Å². The Morgan fingerprint density at radius 2 is 2.26 bits per heavy atom. The minimum Gasteiger partial charge on any atom is -0.504 e. The zero-order chi connectivity index (χ0) is 14.0. The number of non-ortho nitro benzene ring substituents is 1. The van der Waals surface area contributed by atoms with E-state index in [1.807, 2.05) is 11.4 Å². The van der Waals surface area contributed by atoms with Gasteiger partial charge >= 0.3 is 0 Å². The molecule has 3 N–H and O–H groups in total. The van der Waals surface area contributed by atoms with Crippen LogP contribution in [0.1, 0.15) is 16.5 Å². The van der Waals surface area contributed by atoms with Gasteiger partial charge in [0.25, 0.3) is 5.69 Å². The lowest BCUT2D eigenvalue weighted by Crippen LogP contribution is -2.11. The second kappa shape index (κ2) is 5.25. The number of hydrogen-bond acceptors (Lipinski definition) is 6. The van der Waals surface area contributed by atoms with Crippen LogP contribution in [0.4, 0.5) is 5.69 Å². The molecule has 1 atom stereocenters. The Balaban J connectivity index is 2.55. The molecule has 2 rings (SSSR count). The molecule has 6 nitrogen and oxygen atoms in total. The predicted octanol–water partition coefficient (Wildman–Crippen LogP) is 2.42. The molecule has 1 heterocycles. The van der Waals surface area contributed by atoms with Gasteiger partial charge in [-0.2, -0.15) is 0 Å². The Bertz CT molecular complexity index is 598. The molecular formula is C12H12N2O4S. The first-order valence-corrected chi connectivity index (χ1v) is 6.26. The van der Waals surface area contributed by atoms with Gasteiger partial charge in [-0.05, 0) is 11.4 Å². The molecule has 0 saturated carbocycles. The number of benzene rings is 1. The van der Waals surface area contributed by atoms with Crippen LogP contribution in [-0.4, -0.2) is 17.1 Å². The fourth-order valence-electron chi connectivity index (χ4n) is 1.73. The van der Waals surface area contributed by atoms with Crippen LogP contribution in [-0.2, 0) is 0 Å². The maximum Gasteiger partial charge on any atom is 0.273 e. The molecule has 0 amide bonds. The van der Waals surface area contributed by atoms with Crippen molar-refractivity contribution in [2.24, 2.45) is 5.73 Å². The molecule has 0 aliphatic carbocycles. The number of methoxy groups -OCH3 is 1. The van der Waals surface area contributed by atoms with Crippen molar-refractivity contribution in [1.82, 2.24) is 0 Å². The fraction of sp³-hybridized carbons (Fsp3) is 0.167. The lowest BCUT2D eigenvalue weighted by Gasteiger charge is -2.14. The summed E-state index contributed by atoms with van der Waals surface area (Å²) in [5, 5.41) is 22.8. The summed E-state index contributed by atoms with van der Waals surface area (Å²) in [7, 11) is 1.33. The Kier molecular flexibility index (Phi) is 3.68. The number of nitrogens with zero attached hydrogens (tertiary/aromatic N) is 1. The van der Waals surface area contributed by atoms with Gasteiger partial charge in [-0.15, -0.1) is 11.3 Å². The van der Waals surface area contributed by atoms with Crippen LogP contribution in [0.15, 0.2) is 29.6 Å². The monoisotopic (exact) mass is 280 g/mol. The largest absolute Gasteiger partial charge is 0.504 e. The Morgan fingerprint density at radius 3 is 2.79 bits per heavy atom. The molecule has 0 saturated heterocycles. The molecule has 2 aromatic rings. The van der Waals surface area contributed by atoms with E-state index >= 15 is 0 Å². The van der Waals surface area contributed by atoms with Gasteiger partial charge in [-0.25, -0.2) is 0 Å². The summed E-state index contributed by atoms with van der Waals surface area (Å²) in [5.41, 5.74) is 6.13. The third-order valence-corrected chi connectivity index (χ3v) is 3.66. The average molecular weight is 280 g/mol. The van der Waals surface area contributed by atoms with Crippen molar-refractivity contribution in [3.8, 4) is 11.5 Å². The first-order valence-electron chi connectivity index (χ1n) is 5.39.